The number of carboxylic acids is 1. The van der Waals surface area contributed by atoms with Crippen molar-refractivity contribution >= 4 is 5.97 Å². The van der Waals surface area contributed by atoms with Crippen molar-refractivity contribution < 1.29 is 20.1 Å². The van der Waals surface area contributed by atoms with E-state index in [1.807, 2.05) is 0 Å². The molecule has 5 aliphatic carbocycles. The summed E-state index contributed by atoms with van der Waals surface area (Å²) in [5.41, 5.74) is 0.295. The molecular formula is C30H48O4. The standard InChI is InChI=1S/C30H48O4/c1-25(2)14-15-30(24(33)34)19(16-25)18-8-9-21-27(5)12-11-22(31)26(3,4)20(27)10-13-28(21,6)29(18,7)17-23(30)32/h8,19-23,31-32H,9-17H2,1-7H3,(H,33,34)/t19-,20-,21+,22-,23+,27+,28+,29+,30+/m0/s1. The largest absolute Gasteiger partial charge is 0.481 e. The van der Waals surface area contributed by atoms with Crippen LogP contribution >= 0.6 is 0 Å². The average Bonchev–Trinajstić information content (AvgIpc) is 2.71. The highest BCUT2D eigenvalue weighted by molar-refractivity contribution is 5.77. The Morgan fingerprint density at radius 3 is 2.18 bits per heavy atom. The van der Waals surface area contributed by atoms with Gasteiger partial charge in [0.2, 0.25) is 0 Å². The van der Waals surface area contributed by atoms with Crippen molar-refractivity contribution in [1.82, 2.24) is 0 Å². The van der Waals surface area contributed by atoms with Crippen LogP contribution in [0, 0.1) is 50.2 Å². The first kappa shape index (κ1) is 24.8. The topological polar surface area (TPSA) is 77.8 Å². The summed E-state index contributed by atoms with van der Waals surface area (Å²) < 4.78 is 0. The maximum absolute atomic E-state index is 12.8. The van der Waals surface area contributed by atoms with Crippen molar-refractivity contribution in [3.8, 4) is 0 Å². The van der Waals surface area contributed by atoms with E-state index in [9.17, 15) is 20.1 Å². The zero-order valence-electron chi connectivity index (χ0n) is 22.6. The molecule has 0 amide bonds. The molecular weight excluding hydrogens is 424 g/mol. The Bertz CT molecular complexity index is 919. The third-order valence-electron chi connectivity index (χ3n) is 13.1. The molecule has 0 aliphatic heterocycles. The van der Waals surface area contributed by atoms with Crippen molar-refractivity contribution in [1.29, 1.82) is 0 Å². The lowest BCUT2D eigenvalue weighted by Crippen LogP contribution is -2.67. The predicted octanol–water partition coefficient (Wildman–Crippen LogP) is 6.20. The third kappa shape index (κ3) is 2.82. The van der Waals surface area contributed by atoms with Crippen LogP contribution < -0.4 is 0 Å². The lowest BCUT2D eigenvalue weighted by atomic mass is 9.33. The number of hydrogen-bond acceptors (Lipinski definition) is 3. The van der Waals surface area contributed by atoms with Crippen LogP contribution in [0.25, 0.3) is 0 Å². The lowest BCUT2D eigenvalue weighted by Gasteiger charge is -2.71. The second-order valence-corrected chi connectivity index (χ2v) is 15.2. The molecule has 9 atom stereocenters. The van der Waals surface area contributed by atoms with E-state index in [2.05, 4.69) is 54.5 Å². The van der Waals surface area contributed by atoms with E-state index in [0.29, 0.717) is 24.7 Å². The number of fused-ring (bicyclic) bond motifs is 7. The number of allylic oxidation sites excluding steroid dienone is 2. The minimum absolute atomic E-state index is 0.0218. The summed E-state index contributed by atoms with van der Waals surface area (Å²) in [4.78, 5) is 12.8. The number of rotatable bonds is 1. The number of carboxylic acid groups (broad SMARTS) is 1. The molecule has 192 valence electrons. The lowest BCUT2D eigenvalue weighted by molar-refractivity contribution is -0.218. The highest BCUT2D eigenvalue weighted by Gasteiger charge is 2.71. The van der Waals surface area contributed by atoms with Gasteiger partial charge in [-0.1, -0.05) is 60.1 Å². The molecule has 34 heavy (non-hydrogen) atoms. The van der Waals surface area contributed by atoms with Gasteiger partial charge in [-0.15, -0.1) is 0 Å². The highest BCUT2D eigenvalue weighted by atomic mass is 16.4. The fourth-order valence-electron chi connectivity index (χ4n) is 10.7. The van der Waals surface area contributed by atoms with E-state index in [-0.39, 0.29) is 39.1 Å². The van der Waals surface area contributed by atoms with Gasteiger partial charge in [0, 0.05) is 0 Å². The minimum atomic E-state index is -1.04. The van der Waals surface area contributed by atoms with Gasteiger partial charge in [-0.25, -0.2) is 0 Å². The van der Waals surface area contributed by atoms with E-state index in [0.717, 1.165) is 44.9 Å². The monoisotopic (exact) mass is 472 g/mol. The van der Waals surface area contributed by atoms with E-state index in [4.69, 9.17) is 0 Å². The van der Waals surface area contributed by atoms with Gasteiger partial charge >= 0.3 is 5.97 Å². The van der Waals surface area contributed by atoms with Crippen LogP contribution in [0.2, 0.25) is 0 Å². The molecule has 5 rings (SSSR count). The normalized spacial score (nSPS) is 53.4. The van der Waals surface area contributed by atoms with Gasteiger partial charge < -0.3 is 15.3 Å². The number of hydrogen-bond donors (Lipinski definition) is 3. The fourth-order valence-corrected chi connectivity index (χ4v) is 10.7. The SMILES string of the molecule is CC1(C)CC[C@]2(C(=O)O)[C@H](O)C[C@]3(C)C(=CC[C@@H]4[C@]5(C)CC[C@H](O)C(C)(C)[C@@H]5CC[C@]43C)[C@@H]2C1. The van der Waals surface area contributed by atoms with Crippen LogP contribution in [-0.4, -0.2) is 33.5 Å². The molecule has 4 heteroatoms. The molecule has 4 nitrogen and oxygen atoms in total. The van der Waals surface area contributed by atoms with Crippen LogP contribution in [0.4, 0.5) is 0 Å². The van der Waals surface area contributed by atoms with Crippen molar-refractivity contribution in [3.63, 3.8) is 0 Å². The first-order valence-electron chi connectivity index (χ1n) is 13.9. The summed E-state index contributed by atoms with van der Waals surface area (Å²) >= 11 is 0. The smallest absolute Gasteiger partial charge is 0.312 e. The van der Waals surface area contributed by atoms with E-state index in [1.165, 1.54) is 5.57 Å². The summed E-state index contributed by atoms with van der Waals surface area (Å²) in [6.45, 7) is 16.4. The first-order valence-corrected chi connectivity index (χ1v) is 13.9. The van der Waals surface area contributed by atoms with Crippen LogP contribution in [0.1, 0.15) is 106 Å². The zero-order chi connectivity index (χ0) is 25.1. The quantitative estimate of drug-likeness (QED) is 0.397. The number of aliphatic hydroxyl groups excluding tert-OH is 2. The van der Waals surface area contributed by atoms with Gasteiger partial charge in [-0.05, 0) is 103 Å². The summed E-state index contributed by atoms with van der Waals surface area (Å²) in [7, 11) is 0. The van der Waals surface area contributed by atoms with Crippen LogP contribution in [-0.2, 0) is 4.79 Å². The third-order valence-corrected chi connectivity index (χ3v) is 13.1. The summed E-state index contributed by atoms with van der Waals surface area (Å²) in [5.74, 6) is 0.0888. The van der Waals surface area contributed by atoms with Crippen molar-refractivity contribution in [2.45, 2.75) is 118 Å². The molecule has 0 bridgehead atoms. The van der Waals surface area contributed by atoms with Crippen molar-refractivity contribution in [2.75, 3.05) is 0 Å². The van der Waals surface area contributed by atoms with Gasteiger partial charge in [0.15, 0.2) is 0 Å². The molecule has 4 fully saturated rings. The number of aliphatic hydroxyl groups is 2. The van der Waals surface area contributed by atoms with Crippen LogP contribution in [0.15, 0.2) is 11.6 Å². The molecule has 0 heterocycles. The fraction of sp³-hybridized carbons (Fsp3) is 0.900. The Hall–Kier alpha value is -0.870. The molecule has 5 aliphatic rings. The molecule has 4 saturated carbocycles. The minimum Gasteiger partial charge on any atom is -0.481 e. The molecule has 0 spiro atoms. The number of carbonyl (C=O) groups is 1. The summed E-state index contributed by atoms with van der Waals surface area (Å²) in [5, 5.41) is 33.1. The zero-order valence-corrected chi connectivity index (χ0v) is 22.6. The summed E-state index contributed by atoms with van der Waals surface area (Å²) in [6.07, 6.45) is 9.35. The first-order chi connectivity index (χ1) is 15.6. The van der Waals surface area contributed by atoms with E-state index >= 15 is 0 Å². The van der Waals surface area contributed by atoms with Crippen molar-refractivity contribution in [3.05, 3.63) is 11.6 Å². The van der Waals surface area contributed by atoms with Crippen LogP contribution in [0.3, 0.4) is 0 Å². The Kier molecular flexibility index (Phi) is 5.20. The second-order valence-electron chi connectivity index (χ2n) is 15.2. The van der Waals surface area contributed by atoms with E-state index in [1.54, 1.807) is 0 Å². The molecule has 0 saturated heterocycles. The predicted molar refractivity (Wildman–Crippen MR) is 134 cm³/mol. The van der Waals surface area contributed by atoms with Crippen molar-refractivity contribution in [2.24, 2.45) is 50.2 Å². The molecule has 3 N–H and O–H groups in total. The Morgan fingerprint density at radius 2 is 1.53 bits per heavy atom. The van der Waals surface area contributed by atoms with Crippen LogP contribution in [0.5, 0.6) is 0 Å². The Labute approximate surface area is 206 Å². The van der Waals surface area contributed by atoms with E-state index < -0.39 is 17.5 Å². The van der Waals surface area contributed by atoms with Gasteiger partial charge in [0.25, 0.3) is 0 Å². The molecule has 0 radical (unpaired) electrons. The van der Waals surface area contributed by atoms with Gasteiger partial charge in [0.05, 0.1) is 12.2 Å². The second kappa shape index (κ2) is 7.12. The molecule has 0 unspecified atom stereocenters. The Balaban J connectivity index is 1.63. The maximum Gasteiger partial charge on any atom is 0.312 e. The van der Waals surface area contributed by atoms with Gasteiger partial charge in [0.1, 0.15) is 5.41 Å². The molecule has 0 aromatic rings. The Morgan fingerprint density at radius 1 is 0.853 bits per heavy atom. The average molecular weight is 473 g/mol. The summed E-state index contributed by atoms with van der Waals surface area (Å²) in [6, 6.07) is 0. The molecule has 0 aromatic carbocycles. The maximum atomic E-state index is 12.8. The molecule has 0 aromatic heterocycles. The number of aliphatic carboxylic acids is 1. The van der Waals surface area contributed by atoms with Gasteiger partial charge in [-0.2, -0.15) is 0 Å². The highest BCUT2D eigenvalue weighted by Crippen LogP contribution is 2.75. The van der Waals surface area contributed by atoms with Gasteiger partial charge in [-0.3, -0.25) is 4.79 Å².